The number of benzene rings is 1. The lowest BCUT2D eigenvalue weighted by molar-refractivity contribution is 0.0524. The Labute approximate surface area is 114 Å². The summed E-state index contributed by atoms with van der Waals surface area (Å²) in [6.07, 6.45) is 0. The molecule has 0 aliphatic heterocycles. The molecule has 19 heavy (non-hydrogen) atoms. The summed E-state index contributed by atoms with van der Waals surface area (Å²) in [5.41, 5.74) is 0.361. The molecule has 0 saturated carbocycles. The number of nitrogens with one attached hydrogen (secondary N) is 1. The number of aromatic nitrogens is 2. The second kappa shape index (κ2) is 5.67. The average molecular weight is 279 g/mol. The van der Waals surface area contributed by atoms with Gasteiger partial charge in [0.05, 0.1) is 17.3 Å². The van der Waals surface area contributed by atoms with E-state index in [-0.39, 0.29) is 12.2 Å². The van der Waals surface area contributed by atoms with Crippen molar-refractivity contribution in [1.82, 2.24) is 10.2 Å². The molecule has 0 bridgehead atoms. The van der Waals surface area contributed by atoms with Crippen molar-refractivity contribution in [1.29, 1.82) is 0 Å². The number of hydrogen-bond acceptors (Lipinski definition) is 4. The third kappa shape index (κ3) is 2.82. The van der Waals surface area contributed by atoms with E-state index in [9.17, 15) is 9.59 Å². The van der Waals surface area contributed by atoms with Crippen molar-refractivity contribution in [2.24, 2.45) is 0 Å². The van der Waals surface area contributed by atoms with Crippen molar-refractivity contribution in [3.63, 3.8) is 0 Å². The lowest BCUT2D eigenvalue weighted by Gasteiger charge is -2.05. The summed E-state index contributed by atoms with van der Waals surface area (Å²) < 4.78 is 4.81. The first kappa shape index (κ1) is 13.3. The normalized spacial score (nSPS) is 10.2. The Morgan fingerprint density at radius 2 is 2.16 bits per heavy atom. The molecule has 0 spiro atoms. The Bertz CT molecular complexity index is 667. The van der Waals surface area contributed by atoms with Crippen LogP contribution >= 0.6 is 11.6 Å². The van der Waals surface area contributed by atoms with E-state index in [0.29, 0.717) is 16.3 Å². The molecule has 0 atom stereocenters. The van der Waals surface area contributed by atoms with Crippen molar-refractivity contribution in [2.45, 2.75) is 6.92 Å². The summed E-state index contributed by atoms with van der Waals surface area (Å²) in [5.74, 6) is -0.681. The molecule has 0 aliphatic rings. The summed E-state index contributed by atoms with van der Waals surface area (Å²) in [6, 6.07) is 8.39. The number of rotatable bonds is 3. The van der Waals surface area contributed by atoms with Crippen LogP contribution in [0, 0.1) is 0 Å². The summed E-state index contributed by atoms with van der Waals surface area (Å²) in [7, 11) is 0. The molecule has 6 heteroatoms. The zero-order chi connectivity index (χ0) is 13.8. The Morgan fingerprint density at radius 3 is 2.84 bits per heavy atom. The molecular weight excluding hydrogens is 268 g/mol. The van der Waals surface area contributed by atoms with Gasteiger partial charge in [-0.2, -0.15) is 5.10 Å². The fourth-order valence-corrected chi connectivity index (χ4v) is 1.81. The van der Waals surface area contributed by atoms with Gasteiger partial charge in [-0.3, -0.25) is 4.79 Å². The predicted octanol–water partition coefficient (Wildman–Crippen LogP) is 2.27. The molecule has 2 aromatic rings. The smallest absolute Gasteiger partial charge is 0.343 e. The molecule has 0 amide bonds. The van der Waals surface area contributed by atoms with Gasteiger partial charge in [-0.25, -0.2) is 9.89 Å². The largest absolute Gasteiger partial charge is 0.462 e. The van der Waals surface area contributed by atoms with Crippen molar-refractivity contribution >= 4 is 17.6 Å². The van der Waals surface area contributed by atoms with Crippen LogP contribution in [0.1, 0.15) is 17.3 Å². The van der Waals surface area contributed by atoms with Crippen molar-refractivity contribution in [3.8, 4) is 11.3 Å². The van der Waals surface area contributed by atoms with Crippen LogP contribution in [-0.4, -0.2) is 22.8 Å². The molecule has 0 unspecified atom stereocenters. The second-order valence-corrected chi connectivity index (χ2v) is 4.10. The van der Waals surface area contributed by atoms with Gasteiger partial charge in [0.2, 0.25) is 0 Å². The topological polar surface area (TPSA) is 72.0 Å². The highest BCUT2D eigenvalue weighted by atomic mass is 35.5. The maximum absolute atomic E-state index is 11.6. The van der Waals surface area contributed by atoms with E-state index in [4.69, 9.17) is 16.3 Å². The molecule has 2 rings (SSSR count). The molecule has 0 radical (unpaired) electrons. The number of carbonyl (C=O) groups excluding carboxylic acids is 1. The van der Waals surface area contributed by atoms with Crippen molar-refractivity contribution in [3.05, 3.63) is 51.3 Å². The fraction of sp³-hybridized carbons (Fsp3) is 0.154. The van der Waals surface area contributed by atoms with Crippen LogP contribution in [0.2, 0.25) is 5.02 Å². The van der Waals surface area contributed by atoms with Crippen LogP contribution in [0.3, 0.4) is 0 Å². The molecular formula is C13H11ClN2O3. The van der Waals surface area contributed by atoms with Crippen LogP contribution in [0.25, 0.3) is 11.3 Å². The first-order chi connectivity index (χ1) is 9.13. The quantitative estimate of drug-likeness (QED) is 0.874. The summed E-state index contributed by atoms with van der Waals surface area (Å²) in [5, 5.41) is 6.63. The Hall–Kier alpha value is -2.14. The fourth-order valence-electron chi connectivity index (χ4n) is 1.57. The SMILES string of the molecule is CCOC(=O)c1cc(-c2ccccc2Cl)n[nH]c1=O. The van der Waals surface area contributed by atoms with Gasteiger partial charge in [0.15, 0.2) is 0 Å². The number of hydrogen-bond donors (Lipinski definition) is 1. The minimum absolute atomic E-state index is 0.0910. The van der Waals surface area contributed by atoms with Crippen molar-refractivity contribution < 1.29 is 9.53 Å². The van der Waals surface area contributed by atoms with E-state index in [1.807, 2.05) is 0 Å². The lowest BCUT2D eigenvalue weighted by atomic mass is 10.1. The lowest BCUT2D eigenvalue weighted by Crippen LogP contribution is -2.21. The molecule has 0 saturated heterocycles. The second-order valence-electron chi connectivity index (χ2n) is 3.70. The van der Waals surface area contributed by atoms with E-state index in [2.05, 4.69) is 10.2 Å². The summed E-state index contributed by atoms with van der Waals surface area (Å²) >= 11 is 6.04. The molecule has 1 N–H and O–H groups in total. The highest BCUT2D eigenvalue weighted by Gasteiger charge is 2.15. The van der Waals surface area contributed by atoms with Gasteiger partial charge < -0.3 is 4.74 Å². The van der Waals surface area contributed by atoms with E-state index in [1.165, 1.54) is 6.07 Å². The van der Waals surface area contributed by atoms with E-state index in [1.54, 1.807) is 31.2 Å². The van der Waals surface area contributed by atoms with Gasteiger partial charge in [0.1, 0.15) is 5.56 Å². The van der Waals surface area contributed by atoms with Gasteiger partial charge in [-0.05, 0) is 19.1 Å². The number of carbonyl (C=O) groups is 1. The number of ether oxygens (including phenoxy) is 1. The Kier molecular flexibility index (Phi) is 3.97. The number of nitrogens with zero attached hydrogens (tertiary/aromatic N) is 1. The molecule has 0 aliphatic carbocycles. The predicted molar refractivity (Wildman–Crippen MR) is 71.3 cm³/mol. The van der Waals surface area contributed by atoms with E-state index < -0.39 is 11.5 Å². The van der Waals surface area contributed by atoms with E-state index >= 15 is 0 Å². The highest BCUT2D eigenvalue weighted by Crippen LogP contribution is 2.25. The van der Waals surface area contributed by atoms with Gasteiger partial charge in [-0.1, -0.05) is 29.8 Å². The first-order valence-electron chi connectivity index (χ1n) is 5.65. The molecule has 1 aromatic carbocycles. The first-order valence-corrected chi connectivity index (χ1v) is 6.03. The average Bonchev–Trinajstić information content (AvgIpc) is 2.40. The van der Waals surface area contributed by atoms with Crippen LogP contribution in [0.15, 0.2) is 35.1 Å². The minimum atomic E-state index is -0.681. The molecule has 0 fully saturated rings. The minimum Gasteiger partial charge on any atom is -0.462 e. The van der Waals surface area contributed by atoms with Gasteiger partial charge in [-0.15, -0.1) is 0 Å². The number of esters is 1. The molecule has 5 nitrogen and oxygen atoms in total. The molecule has 98 valence electrons. The van der Waals surface area contributed by atoms with Gasteiger partial charge in [0, 0.05) is 5.56 Å². The highest BCUT2D eigenvalue weighted by molar-refractivity contribution is 6.33. The van der Waals surface area contributed by atoms with Crippen molar-refractivity contribution in [2.75, 3.05) is 6.61 Å². The maximum atomic E-state index is 11.6. The number of aromatic amines is 1. The summed E-state index contributed by atoms with van der Waals surface area (Å²) in [4.78, 5) is 23.2. The molecule has 1 heterocycles. The molecule has 1 aromatic heterocycles. The van der Waals surface area contributed by atoms with Gasteiger partial charge >= 0.3 is 5.97 Å². The van der Waals surface area contributed by atoms with Crippen LogP contribution in [0.5, 0.6) is 0 Å². The monoisotopic (exact) mass is 278 g/mol. The zero-order valence-electron chi connectivity index (χ0n) is 10.1. The van der Waals surface area contributed by atoms with Crippen LogP contribution < -0.4 is 5.56 Å². The Balaban J connectivity index is 2.50. The van der Waals surface area contributed by atoms with Gasteiger partial charge in [0.25, 0.3) is 5.56 Å². The maximum Gasteiger partial charge on any atom is 0.343 e. The number of H-pyrrole nitrogens is 1. The third-order valence-corrected chi connectivity index (χ3v) is 2.78. The number of halogens is 1. The van der Waals surface area contributed by atoms with Crippen LogP contribution in [0.4, 0.5) is 0 Å². The third-order valence-electron chi connectivity index (χ3n) is 2.45. The standard InChI is InChI=1S/C13H11ClN2O3/c1-2-19-13(18)9-7-11(15-16-12(9)17)8-5-3-4-6-10(8)14/h3-7H,2H2,1H3,(H,16,17). The zero-order valence-corrected chi connectivity index (χ0v) is 10.9. The van der Waals surface area contributed by atoms with E-state index in [0.717, 1.165) is 0 Å². The van der Waals surface area contributed by atoms with Crippen LogP contribution in [-0.2, 0) is 4.74 Å². The summed E-state index contributed by atoms with van der Waals surface area (Å²) in [6.45, 7) is 1.87. The Morgan fingerprint density at radius 1 is 1.42 bits per heavy atom.